The Labute approximate surface area is 207 Å². The zero-order chi connectivity index (χ0) is 25.4. The Bertz CT molecular complexity index is 1000. The second-order valence-corrected chi connectivity index (χ2v) is 9.84. The van der Waals surface area contributed by atoms with Crippen molar-refractivity contribution in [3.8, 4) is 11.1 Å². The molecule has 7 nitrogen and oxygen atoms in total. The van der Waals surface area contributed by atoms with Crippen LogP contribution in [0.5, 0.6) is 0 Å². The van der Waals surface area contributed by atoms with Gasteiger partial charge in [-0.2, -0.15) is 0 Å². The second-order valence-electron chi connectivity index (χ2n) is 9.84. The fraction of sp³-hybridized carbons (Fsp3) is 0.464. The molecule has 3 rings (SSSR count). The van der Waals surface area contributed by atoms with Gasteiger partial charge < -0.3 is 20.5 Å². The number of rotatable bonds is 12. The molecule has 0 saturated heterocycles. The number of alkyl carbamates (subject to hydrolysis) is 1. The average Bonchev–Trinajstić information content (AvgIpc) is 3.13. The van der Waals surface area contributed by atoms with Crippen molar-refractivity contribution in [2.75, 3.05) is 6.61 Å². The summed E-state index contributed by atoms with van der Waals surface area (Å²) in [4.78, 5) is 36.2. The molecule has 0 bridgehead atoms. The number of benzene rings is 2. The van der Waals surface area contributed by atoms with Crippen LogP contribution in [-0.2, 0) is 14.3 Å². The first-order valence-electron chi connectivity index (χ1n) is 12.3. The van der Waals surface area contributed by atoms with E-state index in [1.54, 1.807) is 13.8 Å². The van der Waals surface area contributed by atoms with Gasteiger partial charge in [-0.05, 0) is 48.9 Å². The van der Waals surface area contributed by atoms with Gasteiger partial charge in [-0.1, -0.05) is 68.3 Å². The van der Waals surface area contributed by atoms with Gasteiger partial charge in [0, 0.05) is 30.3 Å². The summed E-state index contributed by atoms with van der Waals surface area (Å²) in [6.45, 7) is 5.87. The van der Waals surface area contributed by atoms with E-state index < -0.39 is 17.6 Å². The lowest BCUT2D eigenvalue weighted by Gasteiger charge is -2.27. The molecule has 0 saturated carbocycles. The monoisotopic (exact) mass is 480 g/mol. The van der Waals surface area contributed by atoms with E-state index in [2.05, 4.69) is 41.8 Å². The summed E-state index contributed by atoms with van der Waals surface area (Å²) in [5.74, 6) is -1.15. The molecule has 0 fully saturated rings. The highest BCUT2D eigenvalue weighted by Crippen LogP contribution is 2.44. The number of ether oxygens (including phenoxy) is 1. The maximum absolute atomic E-state index is 12.7. The van der Waals surface area contributed by atoms with Crippen molar-refractivity contribution in [1.82, 2.24) is 10.6 Å². The van der Waals surface area contributed by atoms with E-state index in [-0.39, 0.29) is 37.3 Å². The van der Waals surface area contributed by atoms with Gasteiger partial charge >= 0.3 is 12.1 Å². The molecule has 2 aromatic carbocycles. The normalized spacial score (nSPS) is 13.5. The summed E-state index contributed by atoms with van der Waals surface area (Å²) in [6, 6.07) is 16.0. The molecule has 0 aromatic heterocycles. The van der Waals surface area contributed by atoms with Crippen molar-refractivity contribution >= 4 is 18.0 Å². The molecular formula is C28H36N2O5. The number of carbonyl (C=O) groups is 3. The number of carbonyl (C=O) groups excluding carboxylic acids is 2. The lowest BCUT2D eigenvalue weighted by atomic mass is 9.97. The Morgan fingerprint density at radius 2 is 1.63 bits per heavy atom. The van der Waals surface area contributed by atoms with E-state index in [1.165, 1.54) is 11.1 Å². The zero-order valence-electron chi connectivity index (χ0n) is 20.8. The molecule has 1 atom stereocenters. The van der Waals surface area contributed by atoms with Crippen LogP contribution in [0.15, 0.2) is 48.5 Å². The molecule has 3 N–H and O–H groups in total. The van der Waals surface area contributed by atoms with E-state index in [0.717, 1.165) is 24.0 Å². The maximum Gasteiger partial charge on any atom is 0.407 e. The Morgan fingerprint density at radius 1 is 1.03 bits per heavy atom. The number of nitrogens with one attached hydrogen (secondary N) is 2. The molecule has 0 radical (unpaired) electrons. The summed E-state index contributed by atoms with van der Waals surface area (Å²) in [6.07, 6.45) is 2.34. The molecule has 1 aliphatic rings. The smallest absolute Gasteiger partial charge is 0.407 e. The van der Waals surface area contributed by atoms with Crippen LogP contribution < -0.4 is 10.6 Å². The van der Waals surface area contributed by atoms with Crippen LogP contribution in [0, 0.1) is 0 Å². The lowest BCUT2D eigenvalue weighted by molar-refractivity contribution is -0.137. The van der Waals surface area contributed by atoms with Crippen molar-refractivity contribution in [1.29, 1.82) is 0 Å². The minimum absolute atomic E-state index is 0.0233. The van der Waals surface area contributed by atoms with E-state index in [9.17, 15) is 14.4 Å². The number of amides is 2. The molecule has 0 spiro atoms. The van der Waals surface area contributed by atoms with Gasteiger partial charge in [0.2, 0.25) is 5.91 Å². The summed E-state index contributed by atoms with van der Waals surface area (Å²) in [5.41, 5.74) is 3.98. The van der Waals surface area contributed by atoms with Gasteiger partial charge in [-0.15, -0.1) is 0 Å². The number of hydrogen-bond acceptors (Lipinski definition) is 4. The van der Waals surface area contributed by atoms with Crippen LogP contribution in [0.2, 0.25) is 0 Å². The molecule has 2 amide bonds. The Balaban J connectivity index is 1.58. The van der Waals surface area contributed by atoms with Gasteiger partial charge in [-0.3, -0.25) is 9.59 Å². The van der Waals surface area contributed by atoms with Crippen LogP contribution in [-0.4, -0.2) is 41.3 Å². The summed E-state index contributed by atoms with van der Waals surface area (Å²) >= 11 is 0. The summed E-state index contributed by atoms with van der Waals surface area (Å²) < 4.78 is 5.65. The quantitative estimate of drug-likeness (QED) is 0.386. The molecular weight excluding hydrogens is 444 g/mol. The fourth-order valence-corrected chi connectivity index (χ4v) is 4.62. The molecule has 7 heteroatoms. The van der Waals surface area contributed by atoms with Crippen LogP contribution in [0.4, 0.5) is 4.79 Å². The third-order valence-electron chi connectivity index (χ3n) is 6.45. The summed E-state index contributed by atoms with van der Waals surface area (Å²) in [5, 5.41) is 14.7. The van der Waals surface area contributed by atoms with Crippen LogP contribution >= 0.6 is 0 Å². The van der Waals surface area contributed by atoms with Gasteiger partial charge in [-0.25, -0.2) is 4.79 Å². The van der Waals surface area contributed by atoms with Crippen LogP contribution in [0.1, 0.15) is 76.3 Å². The molecule has 188 valence electrons. The maximum atomic E-state index is 12.7. The second kappa shape index (κ2) is 11.9. The van der Waals surface area contributed by atoms with Crippen molar-refractivity contribution < 1.29 is 24.2 Å². The number of aliphatic carboxylic acids is 1. The highest BCUT2D eigenvalue weighted by Gasteiger charge is 2.29. The highest BCUT2D eigenvalue weighted by atomic mass is 16.5. The number of unbranched alkanes of at least 4 members (excludes halogenated alkanes) is 1. The highest BCUT2D eigenvalue weighted by molar-refractivity contribution is 5.80. The molecule has 0 unspecified atom stereocenters. The number of carboxylic acids is 1. The van der Waals surface area contributed by atoms with E-state index in [4.69, 9.17) is 9.84 Å². The number of hydrogen-bond donors (Lipinski definition) is 3. The Kier molecular flexibility index (Phi) is 8.90. The predicted octanol–water partition coefficient (Wildman–Crippen LogP) is 5.23. The van der Waals surface area contributed by atoms with Crippen molar-refractivity contribution in [2.24, 2.45) is 0 Å². The molecule has 1 aliphatic carbocycles. The van der Waals surface area contributed by atoms with Gasteiger partial charge in [0.15, 0.2) is 0 Å². The number of fused-ring (bicyclic) bond motifs is 3. The number of carboxylic acid groups (broad SMARTS) is 1. The Morgan fingerprint density at radius 3 is 2.20 bits per heavy atom. The fourth-order valence-electron chi connectivity index (χ4n) is 4.62. The minimum atomic E-state index is -0.898. The molecule has 35 heavy (non-hydrogen) atoms. The Hall–Kier alpha value is -3.35. The predicted molar refractivity (Wildman–Crippen MR) is 135 cm³/mol. The third kappa shape index (κ3) is 7.31. The SMILES string of the molecule is CCCC[C@H](CC(=O)NC(C)(C)CCC(=O)O)NC(=O)OCC1c2ccccc2-c2ccccc21. The lowest BCUT2D eigenvalue weighted by Crippen LogP contribution is -2.47. The third-order valence-corrected chi connectivity index (χ3v) is 6.45. The van der Waals surface area contributed by atoms with Crippen LogP contribution in [0.3, 0.4) is 0 Å². The van der Waals surface area contributed by atoms with E-state index in [1.807, 2.05) is 24.3 Å². The van der Waals surface area contributed by atoms with Crippen molar-refractivity contribution in [3.05, 3.63) is 59.7 Å². The molecule has 0 aliphatic heterocycles. The van der Waals surface area contributed by atoms with Gasteiger partial charge in [0.1, 0.15) is 6.61 Å². The van der Waals surface area contributed by atoms with Crippen molar-refractivity contribution in [2.45, 2.75) is 76.8 Å². The van der Waals surface area contributed by atoms with Gasteiger partial charge in [0.05, 0.1) is 0 Å². The largest absolute Gasteiger partial charge is 0.481 e. The zero-order valence-corrected chi connectivity index (χ0v) is 20.8. The van der Waals surface area contributed by atoms with Crippen molar-refractivity contribution in [3.63, 3.8) is 0 Å². The van der Waals surface area contributed by atoms with Crippen LogP contribution in [0.25, 0.3) is 11.1 Å². The first kappa shape index (κ1) is 26.3. The topological polar surface area (TPSA) is 105 Å². The molecule has 2 aromatic rings. The first-order chi connectivity index (χ1) is 16.7. The minimum Gasteiger partial charge on any atom is -0.481 e. The average molecular weight is 481 g/mol. The first-order valence-corrected chi connectivity index (χ1v) is 12.3. The van der Waals surface area contributed by atoms with E-state index in [0.29, 0.717) is 12.8 Å². The van der Waals surface area contributed by atoms with Gasteiger partial charge in [0.25, 0.3) is 0 Å². The standard InChI is InChI=1S/C28H36N2O5/c1-4-5-10-19(17-25(31)30-28(2,3)16-15-26(32)33)29-27(34)35-18-24-22-13-8-6-11-20(22)21-12-7-9-14-23(21)24/h6-9,11-14,19,24H,4-5,10,15-18H2,1-3H3,(H,29,34)(H,30,31)(H,32,33)/t19-/m1/s1. The summed E-state index contributed by atoms with van der Waals surface area (Å²) in [7, 11) is 0. The van der Waals surface area contributed by atoms with E-state index >= 15 is 0 Å². The molecule has 0 heterocycles.